The molecule has 0 aliphatic heterocycles. The van der Waals surface area contributed by atoms with E-state index in [9.17, 15) is 15.2 Å². The monoisotopic (exact) mass is 296 g/mol. The van der Waals surface area contributed by atoms with Crippen LogP contribution in [0.15, 0.2) is 24.4 Å². The predicted octanol–water partition coefficient (Wildman–Crippen LogP) is 2.33. The first kappa shape index (κ1) is 14.4. The minimum atomic E-state index is -0.643. The first-order valence-electron chi connectivity index (χ1n) is 6.02. The summed E-state index contributed by atoms with van der Waals surface area (Å²) in [7, 11) is 0. The number of nitrogens with zero attached hydrogens (tertiary/aromatic N) is 4. The second-order valence-electron chi connectivity index (χ2n) is 4.30. The third kappa shape index (κ3) is 3.12. The highest BCUT2D eigenvalue weighted by Gasteiger charge is 2.12. The zero-order chi connectivity index (χ0) is 14.7. The summed E-state index contributed by atoms with van der Waals surface area (Å²) in [6, 6.07) is 4.27. The van der Waals surface area contributed by atoms with Crippen LogP contribution in [0.5, 0.6) is 0 Å². The number of hydrogen-bond donors (Lipinski definition) is 1. The topological polar surface area (TPSA) is 94.1 Å². The van der Waals surface area contributed by atoms with Crippen molar-refractivity contribution in [2.75, 3.05) is 0 Å². The van der Waals surface area contributed by atoms with Gasteiger partial charge >= 0.3 is 0 Å². The highest BCUT2D eigenvalue weighted by Crippen LogP contribution is 2.23. The number of aliphatic hydroxyl groups is 1. The Morgan fingerprint density at radius 3 is 2.90 bits per heavy atom. The number of aromatic nitrogens is 3. The third-order valence-corrected chi connectivity index (χ3v) is 3.22. The fraction of sp³-hybridized carbons (Fsp3) is 0.333. The van der Waals surface area contributed by atoms with Crippen LogP contribution in [0, 0.1) is 10.1 Å². The number of halogens is 1. The number of benzene rings is 1. The Balaban J connectivity index is 2.18. The Kier molecular flexibility index (Phi) is 4.31. The molecule has 0 bridgehead atoms. The molecule has 106 valence electrons. The van der Waals surface area contributed by atoms with Crippen LogP contribution in [0.1, 0.15) is 30.7 Å². The van der Waals surface area contributed by atoms with Gasteiger partial charge in [0.2, 0.25) is 0 Å². The van der Waals surface area contributed by atoms with Gasteiger partial charge in [0.1, 0.15) is 5.69 Å². The molecule has 1 aromatic heterocycles. The van der Waals surface area contributed by atoms with Gasteiger partial charge in [-0.2, -0.15) is 0 Å². The lowest BCUT2D eigenvalue weighted by molar-refractivity contribution is -0.384. The van der Waals surface area contributed by atoms with Crippen molar-refractivity contribution in [3.63, 3.8) is 0 Å². The maximum absolute atomic E-state index is 10.6. The van der Waals surface area contributed by atoms with E-state index in [4.69, 9.17) is 11.6 Å². The van der Waals surface area contributed by atoms with Crippen molar-refractivity contribution in [2.45, 2.75) is 26.0 Å². The van der Waals surface area contributed by atoms with Crippen LogP contribution < -0.4 is 0 Å². The number of non-ortho nitro benzene ring substituents is 1. The summed E-state index contributed by atoms with van der Waals surface area (Å²) in [6.45, 7) is 2.18. The maximum Gasteiger partial charge on any atom is 0.270 e. The minimum absolute atomic E-state index is 0.0561. The van der Waals surface area contributed by atoms with Crippen LogP contribution in [-0.2, 0) is 6.54 Å². The SMILES string of the molecule is CCC(O)c1cn(Cc2ccc([N+](=O)[O-])cc2Cl)nn1. The standard InChI is InChI=1S/C12H13ClN4O3/c1-2-12(18)11-7-16(15-14-11)6-8-3-4-9(17(19)20)5-10(8)13/h3-5,7,12,18H,2,6H2,1H3. The van der Waals surface area contributed by atoms with E-state index in [1.807, 2.05) is 6.92 Å². The Hall–Kier alpha value is -1.99. The van der Waals surface area contributed by atoms with Crippen molar-refractivity contribution in [2.24, 2.45) is 0 Å². The van der Waals surface area contributed by atoms with E-state index < -0.39 is 11.0 Å². The normalized spacial score (nSPS) is 12.3. The smallest absolute Gasteiger partial charge is 0.270 e. The van der Waals surface area contributed by atoms with E-state index in [0.29, 0.717) is 29.2 Å². The molecule has 1 aromatic carbocycles. The highest BCUT2D eigenvalue weighted by molar-refractivity contribution is 6.31. The Bertz CT molecular complexity index is 629. The van der Waals surface area contributed by atoms with E-state index in [0.717, 1.165) is 0 Å². The van der Waals surface area contributed by atoms with Crippen molar-refractivity contribution in [3.8, 4) is 0 Å². The molecule has 0 spiro atoms. The van der Waals surface area contributed by atoms with Gasteiger partial charge in [0.25, 0.3) is 5.69 Å². The number of nitro benzene ring substituents is 1. The highest BCUT2D eigenvalue weighted by atomic mass is 35.5. The molecule has 0 aliphatic rings. The summed E-state index contributed by atoms with van der Waals surface area (Å²) in [4.78, 5) is 10.1. The molecular formula is C12H13ClN4O3. The van der Waals surface area contributed by atoms with Gasteiger partial charge in [0, 0.05) is 12.1 Å². The average Bonchev–Trinajstić information content (AvgIpc) is 2.88. The summed E-state index contributed by atoms with van der Waals surface area (Å²) in [5.74, 6) is 0. The van der Waals surface area contributed by atoms with Crippen LogP contribution in [0.4, 0.5) is 5.69 Å². The molecule has 0 saturated heterocycles. The Labute approximate surface area is 119 Å². The summed E-state index contributed by atoms with van der Waals surface area (Å²) in [5.41, 5.74) is 1.13. The molecule has 1 N–H and O–H groups in total. The zero-order valence-corrected chi connectivity index (χ0v) is 11.5. The molecule has 7 nitrogen and oxygen atoms in total. The number of rotatable bonds is 5. The predicted molar refractivity (Wildman–Crippen MR) is 72.5 cm³/mol. The van der Waals surface area contributed by atoms with Crippen LogP contribution in [0.3, 0.4) is 0 Å². The van der Waals surface area contributed by atoms with Gasteiger partial charge in [-0.3, -0.25) is 10.1 Å². The first-order valence-corrected chi connectivity index (χ1v) is 6.40. The quantitative estimate of drug-likeness (QED) is 0.675. The largest absolute Gasteiger partial charge is 0.387 e. The van der Waals surface area contributed by atoms with E-state index in [-0.39, 0.29) is 5.69 Å². The van der Waals surface area contributed by atoms with Crippen molar-refractivity contribution in [1.82, 2.24) is 15.0 Å². The molecule has 0 saturated carbocycles. The summed E-state index contributed by atoms with van der Waals surface area (Å²) in [6.07, 6.45) is 1.54. The second-order valence-corrected chi connectivity index (χ2v) is 4.71. The lowest BCUT2D eigenvalue weighted by Crippen LogP contribution is -2.01. The summed E-state index contributed by atoms with van der Waals surface area (Å²) >= 11 is 6.00. The summed E-state index contributed by atoms with van der Waals surface area (Å²) in [5, 5.41) is 28.3. The van der Waals surface area contributed by atoms with Crippen LogP contribution in [0.25, 0.3) is 0 Å². The maximum atomic E-state index is 10.6. The van der Waals surface area contributed by atoms with Crippen LogP contribution in [0.2, 0.25) is 5.02 Å². The molecule has 1 heterocycles. The Morgan fingerprint density at radius 2 is 2.30 bits per heavy atom. The van der Waals surface area contributed by atoms with E-state index >= 15 is 0 Å². The molecule has 2 aromatic rings. The lowest BCUT2D eigenvalue weighted by Gasteiger charge is -2.04. The van der Waals surface area contributed by atoms with E-state index in [1.54, 1.807) is 12.3 Å². The van der Waals surface area contributed by atoms with Gasteiger partial charge in [-0.15, -0.1) is 5.10 Å². The minimum Gasteiger partial charge on any atom is -0.387 e. The number of hydrogen-bond acceptors (Lipinski definition) is 5. The van der Waals surface area contributed by atoms with Gasteiger partial charge in [0.05, 0.1) is 28.8 Å². The molecule has 1 unspecified atom stereocenters. The molecule has 2 rings (SSSR count). The summed E-state index contributed by atoms with van der Waals surface area (Å²) < 4.78 is 1.53. The van der Waals surface area contributed by atoms with Crippen molar-refractivity contribution >= 4 is 17.3 Å². The van der Waals surface area contributed by atoms with Gasteiger partial charge in [-0.25, -0.2) is 4.68 Å². The van der Waals surface area contributed by atoms with E-state index in [1.165, 1.54) is 16.8 Å². The molecule has 0 radical (unpaired) electrons. The molecule has 0 fully saturated rings. The van der Waals surface area contributed by atoms with Crippen molar-refractivity contribution in [3.05, 3.63) is 50.8 Å². The van der Waals surface area contributed by atoms with Gasteiger partial charge in [0.15, 0.2) is 0 Å². The van der Waals surface area contributed by atoms with Crippen molar-refractivity contribution < 1.29 is 10.0 Å². The number of aliphatic hydroxyl groups excluding tert-OH is 1. The second kappa shape index (κ2) is 5.98. The third-order valence-electron chi connectivity index (χ3n) is 2.86. The first-order chi connectivity index (χ1) is 9.51. The van der Waals surface area contributed by atoms with Crippen LogP contribution in [-0.4, -0.2) is 25.0 Å². The Morgan fingerprint density at radius 1 is 1.55 bits per heavy atom. The molecule has 0 aliphatic carbocycles. The molecule has 8 heteroatoms. The molecule has 1 atom stereocenters. The average molecular weight is 297 g/mol. The zero-order valence-electron chi connectivity index (χ0n) is 10.7. The fourth-order valence-corrected chi connectivity index (χ4v) is 1.94. The van der Waals surface area contributed by atoms with E-state index in [2.05, 4.69) is 10.3 Å². The van der Waals surface area contributed by atoms with Gasteiger partial charge in [-0.1, -0.05) is 23.7 Å². The number of nitro groups is 1. The molecular weight excluding hydrogens is 284 g/mol. The van der Waals surface area contributed by atoms with Gasteiger partial charge < -0.3 is 5.11 Å². The molecule has 20 heavy (non-hydrogen) atoms. The lowest BCUT2D eigenvalue weighted by atomic mass is 10.2. The fourth-order valence-electron chi connectivity index (χ4n) is 1.71. The van der Waals surface area contributed by atoms with Gasteiger partial charge in [-0.05, 0) is 18.1 Å². The van der Waals surface area contributed by atoms with Crippen molar-refractivity contribution in [1.29, 1.82) is 0 Å². The molecule has 0 amide bonds. The van der Waals surface area contributed by atoms with Crippen LogP contribution >= 0.6 is 11.6 Å².